The maximum atomic E-state index is 12.3. The lowest BCUT2D eigenvalue weighted by atomic mass is 10.1. The van der Waals surface area contributed by atoms with Crippen molar-refractivity contribution in [2.45, 2.75) is 0 Å². The number of amides is 1. The second kappa shape index (κ2) is 7.60. The normalized spacial score (nSPS) is 10.4. The molecule has 0 spiro atoms. The van der Waals surface area contributed by atoms with E-state index >= 15 is 0 Å². The van der Waals surface area contributed by atoms with E-state index in [0.717, 1.165) is 0 Å². The Kier molecular flexibility index (Phi) is 6.11. The number of anilines is 1. The molecule has 0 radical (unpaired) electrons. The minimum atomic E-state index is -0.190. The molecule has 0 atom stereocenters. The number of aromatic hydroxyl groups is 1. The highest BCUT2D eigenvalue weighted by Crippen LogP contribution is 2.21. The Hall–Kier alpha value is -1.79. The first-order valence-electron chi connectivity index (χ1n) is 5.95. The Morgan fingerprint density at radius 1 is 1.26 bits per heavy atom. The number of carbonyl (C=O) groups excluding carboxylic acids is 1. The fourth-order valence-corrected chi connectivity index (χ4v) is 1.58. The van der Waals surface area contributed by atoms with Crippen molar-refractivity contribution in [2.24, 2.45) is 0 Å². The molecule has 0 saturated carbocycles. The predicted octanol–water partition coefficient (Wildman–Crippen LogP) is 0.709. The zero-order chi connectivity index (χ0) is 14.3. The van der Waals surface area contributed by atoms with Crippen molar-refractivity contribution in [3.8, 4) is 5.75 Å². The number of methoxy groups -OCH3 is 2. The number of hydrogen-bond acceptors (Lipinski definition) is 5. The van der Waals surface area contributed by atoms with Gasteiger partial charge in [-0.3, -0.25) is 4.79 Å². The van der Waals surface area contributed by atoms with Gasteiger partial charge in [0.15, 0.2) is 0 Å². The molecular formula is C13H20N2O4. The van der Waals surface area contributed by atoms with Gasteiger partial charge in [0, 0.05) is 32.9 Å². The summed E-state index contributed by atoms with van der Waals surface area (Å²) in [5.74, 6) is -0.284. The molecule has 0 aliphatic carbocycles. The molecule has 0 saturated heterocycles. The fourth-order valence-electron chi connectivity index (χ4n) is 1.58. The van der Waals surface area contributed by atoms with Crippen LogP contribution in [0.3, 0.4) is 0 Å². The number of benzene rings is 1. The van der Waals surface area contributed by atoms with Crippen LogP contribution < -0.4 is 5.73 Å². The summed E-state index contributed by atoms with van der Waals surface area (Å²) in [5.41, 5.74) is 6.15. The first-order chi connectivity index (χ1) is 9.10. The topological polar surface area (TPSA) is 85.0 Å². The van der Waals surface area contributed by atoms with Gasteiger partial charge in [0.25, 0.3) is 5.91 Å². The van der Waals surface area contributed by atoms with Gasteiger partial charge >= 0.3 is 0 Å². The Balaban J connectivity index is 2.81. The van der Waals surface area contributed by atoms with Crippen LogP contribution in [-0.2, 0) is 9.47 Å². The third kappa shape index (κ3) is 4.42. The number of ether oxygens (including phenoxy) is 2. The number of hydrogen-bond donors (Lipinski definition) is 2. The smallest absolute Gasteiger partial charge is 0.254 e. The molecular weight excluding hydrogens is 248 g/mol. The second-order valence-corrected chi connectivity index (χ2v) is 4.05. The van der Waals surface area contributed by atoms with Gasteiger partial charge in [0.2, 0.25) is 0 Å². The summed E-state index contributed by atoms with van der Waals surface area (Å²) < 4.78 is 9.95. The molecule has 0 heterocycles. The van der Waals surface area contributed by atoms with Gasteiger partial charge in [-0.25, -0.2) is 0 Å². The van der Waals surface area contributed by atoms with Gasteiger partial charge in [0.05, 0.1) is 18.9 Å². The Bertz CT molecular complexity index is 415. The lowest BCUT2D eigenvalue weighted by molar-refractivity contribution is 0.0627. The number of rotatable bonds is 7. The third-order valence-electron chi connectivity index (χ3n) is 2.70. The highest BCUT2D eigenvalue weighted by atomic mass is 16.5. The Morgan fingerprint density at radius 2 is 1.84 bits per heavy atom. The van der Waals surface area contributed by atoms with E-state index in [1.165, 1.54) is 12.1 Å². The molecule has 1 amide bonds. The standard InChI is InChI=1S/C13H20N2O4/c1-18-7-5-15(6-8-19-2)13(17)10-3-4-11(14)12(16)9-10/h3-4,9,16H,5-8,14H2,1-2H3. The summed E-state index contributed by atoms with van der Waals surface area (Å²) in [6.07, 6.45) is 0. The Labute approximate surface area is 112 Å². The fraction of sp³-hybridized carbons (Fsp3) is 0.462. The van der Waals surface area contributed by atoms with Crippen LogP contribution in [0.5, 0.6) is 5.75 Å². The van der Waals surface area contributed by atoms with Gasteiger partial charge in [-0.2, -0.15) is 0 Å². The first kappa shape index (κ1) is 15.3. The highest BCUT2D eigenvalue weighted by Gasteiger charge is 2.16. The van der Waals surface area contributed by atoms with E-state index in [4.69, 9.17) is 15.2 Å². The van der Waals surface area contributed by atoms with Crippen LogP contribution in [0.25, 0.3) is 0 Å². The second-order valence-electron chi connectivity index (χ2n) is 4.05. The molecule has 0 bridgehead atoms. The maximum Gasteiger partial charge on any atom is 0.254 e. The molecule has 6 heteroatoms. The zero-order valence-electron chi connectivity index (χ0n) is 11.3. The van der Waals surface area contributed by atoms with Gasteiger partial charge < -0.3 is 25.2 Å². The third-order valence-corrected chi connectivity index (χ3v) is 2.70. The molecule has 0 fully saturated rings. The monoisotopic (exact) mass is 268 g/mol. The number of carbonyl (C=O) groups is 1. The van der Waals surface area contributed by atoms with E-state index in [0.29, 0.717) is 31.9 Å². The molecule has 6 nitrogen and oxygen atoms in total. The first-order valence-corrected chi connectivity index (χ1v) is 5.95. The lowest BCUT2D eigenvalue weighted by Crippen LogP contribution is -2.36. The van der Waals surface area contributed by atoms with E-state index < -0.39 is 0 Å². The average Bonchev–Trinajstić information content (AvgIpc) is 2.41. The SMILES string of the molecule is COCCN(CCOC)C(=O)c1ccc(N)c(O)c1. The molecule has 1 aromatic rings. The van der Waals surface area contributed by atoms with E-state index in [9.17, 15) is 9.90 Å². The molecule has 1 aromatic carbocycles. The van der Waals surface area contributed by atoms with Crippen molar-refractivity contribution in [3.63, 3.8) is 0 Å². The molecule has 106 valence electrons. The number of nitrogens with two attached hydrogens (primary N) is 1. The van der Waals surface area contributed by atoms with Gasteiger partial charge in [-0.15, -0.1) is 0 Å². The minimum absolute atomic E-state index is 0.0933. The summed E-state index contributed by atoms with van der Waals surface area (Å²) in [4.78, 5) is 13.9. The number of nitrogen functional groups attached to an aromatic ring is 1. The van der Waals surface area contributed by atoms with E-state index in [-0.39, 0.29) is 17.3 Å². The van der Waals surface area contributed by atoms with Crippen LogP contribution in [-0.4, -0.2) is 56.4 Å². The van der Waals surface area contributed by atoms with Crippen molar-refractivity contribution in [1.82, 2.24) is 4.90 Å². The van der Waals surface area contributed by atoms with Crippen molar-refractivity contribution in [3.05, 3.63) is 23.8 Å². The van der Waals surface area contributed by atoms with Gasteiger partial charge in [0.1, 0.15) is 5.75 Å². The van der Waals surface area contributed by atoms with Gasteiger partial charge in [-0.1, -0.05) is 0 Å². The number of phenolic OH excluding ortho intramolecular Hbond substituents is 1. The minimum Gasteiger partial charge on any atom is -0.506 e. The number of nitrogens with zero attached hydrogens (tertiary/aromatic N) is 1. The molecule has 19 heavy (non-hydrogen) atoms. The summed E-state index contributed by atoms with van der Waals surface area (Å²) in [5, 5.41) is 9.54. The van der Waals surface area contributed by atoms with E-state index in [2.05, 4.69) is 0 Å². The van der Waals surface area contributed by atoms with Crippen LogP contribution >= 0.6 is 0 Å². The van der Waals surface area contributed by atoms with Crippen LogP contribution in [0.1, 0.15) is 10.4 Å². The molecule has 0 aliphatic rings. The van der Waals surface area contributed by atoms with Crippen LogP contribution in [0.15, 0.2) is 18.2 Å². The van der Waals surface area contributed by atoms with Crippen LogP contribution in [0, 0.1) is 0 Å². The summed E-state index contributed by atoms with van der Waals surface area (Å²) in [6, 6.07) is 4.46. The maximum absolute atomic E-state index is 12.3. The van der Waals surface area contributed by atoms with E-state index in [1.807, 2.05) is 0 Å². The predicted molar refractivity (Wildman–Crippen MR) is 72.2 cm³/mol. The van der Waals surface area contributed by atoms with Crippen LogP contribution in [0.4, 0.5) is 5.69 Å². The highest BCUT2D eigenvalue weighted by molar-refractivity contribution is 5.95. The van der Waals surface area contributed by atoms with E-state index in [1.54, 1.807) is 25.2 Å². The summed E-state index contributed by atoms with van der Waals surface area (Å²) in [6.45, 7) is 1.81. The Morgan fingerprint density at radius 3 is 2.32 bits per heavy atom. The number of phenols is 1. The molecule has 0 aliphatic heterocycles. The summed E-state index contributed by atoms with van der Waals surface area (Å²) in [7, 11) is 3.15. The van der Waals surface area contributed by atoms with Crippen molar-refractivity contribution < 1.29 is 19.4 Å². The molecule has 0 unspecified atom stereocenters. The van der Waals surface area contributed by atoms with Crippen LogP contribution in [0.2, 0.25) is 0 Å². The summed E-state index contributed by atoms with van der Waals surface area (Å²) >= 11 is 0. The van der Waals surface area contributed by atoms with Crippen molar-refractivity contribution >= 4 is 11.6 Å². The zero-order valence-corrected chi connectivity index (χ0v) is 11.3. The van der Waals surface area contributed by atoms with Crippen molar-refractivity contribution in [1.29, 1.82) is 0 Å². The quantitative estimate of drug-likeness (QED) is 0.562. The average molecular weight is 268 g/mol. The molecule has 1 rings (SSSR count). The van der Waals surface area contributed by atoms with Crippen molar-refractivity contribution in [2.75, 3.05) is 46.3 Å². The lowest BCUT2D eigenvalue weighted by Gasteiger charge is -2.22. The van der Waals surface area contributed by atoms with Gasteiger partial charge in [-0.05, 0) is 18.2 Å². The largest absolute Gasteiger partial charge is 0.506 e. The molecule has 3 N–H and O–H groups in total. The molecule has 0 aromatic heterocycles.